The lowest BCUT2D eigenvalue weighted by Crippen LogP contribution is -2.09. The van der Waals surface area contributed by atoms with E-state index >= 15 is 0 Å². The van der Waals surface area contributed by atoms with Crippen molar-refractivity contribution in [2.75, 3.05) is 0 Å². The molecule has 2 rings (SSSR count). The van der Waals surface area contributed by atoms with E-state index in [9.17, 15) is 0 Å². The topological polar surface area (TPSA) is 51.8 Å². The molecule has 1 aromatic heterocycles. The zero-order valence-corrected chi connectivity index (χ0v) is 11.6. The molecule has 0 saturated carbocycles. The third-order valence-electron chi connectivity index (χ3n) is 2.63. The first-order valence-electron chi connectivity index (χ1n) is 5.53. The highest BCUT2D eigenvalue weighted by Gasteiger charge is 2.09. The molecule has 0 aliphatic carbocycles. The fraction of sp³-hybridized carbons (Fsp3) is 0.231. The summed E-state index contributed by atoms with van der Waals surface area (Å²) in [6.45, 7) is 3.82. The van der Waals surface area contributed by atoms with Gasteiger partial charge in [-0.1, -0.05) is 23.2 Å². The fourth-order valence-corrected chi connectivity index (χ4v) is 2.27. The van der Waals surface area contributed by atoms with E-state index in [4.69, 9.17) is 28.9 Å². The minimum Gasteiger partial charge on any atom is -0.324 e. The molecular weight excluding hydrogens is 269 g/mol. The van der Waals surface area contributed by atoms with Gasteiger partial charge in [0.2, 0.25) is 0 Å². The number of aryl methyl sites for hydroxylation is 1. The van der Waals surface area contributed by atoms with Crippen LogP contribution in [0, 0.1) is 6.92 Å². The Bertz CT molecular complexity index is 562. The molecule has 0 radical (unpaired) electrons. The first kappa shape index (κ1) is 13.3. The summed E-state index contributed by atoms with van der Waals surface area (Å²) in [5.74, 6) is 0.598. The maximum Gasteiger partial charge on any atom is 0.159 e. The van der Waals surface area contributed by atoms with Crippen LogP contribution in [0.3, 0.4) is 0 Å². The Morgan fingerprint density at radius 1 is 1.17 bits per heavy atom. The van der Waals surface area contributed by atoms with E-state index < -0.39 is 0 Å². The van der Waals surface area contributed by atoms with Crippen molar-refractivity contribution < 1.29 is 0 Å². The van der Waals surface area contributed by atoms with E-state index in [-0.39, 0.29) is 6.04 Å². The highest BCUT2D eigenvalue weighted by atomic mass is 35.5. The number of hydrogen-bond donors (Lipinski definition) is 1. The largest absolute Gasteiger partial charge is 0.324 e. The molecule has 94 valence electrons. The van der Waals surface area contributed by atoms with Gasteiger partial charge >= 0.3 is 0 Å². The first-order valence-corrected chi connectivity index (χ1v) is 6.28. The molecule has 0 bridgehead atoms. The summed E-state index contributed by atoms with van der Waals surface area (Å²) in [5.41, 5.74) is 8.43. The third kappa shape index (κ3) is 2.80. The lowest BCUT2D eigenvalue weighted by Gasteiger charge is -2.10. The molecule has 0 spiro atoms. The standard InChI is InChI=1S/C13H13Cl2N3/c1-7(16)12-6-17-13(18-8(12)2)9-3-10(14)5-11(15)4-9/h3-7H,16H2,1-2H3/t7-/m0/s1. The van der Waals surface area contributed by atoms with Crippen molar-refractivity contribution in [1.82, 2.24) is 9.97 Å². The third-order valence-corrected chi connectivity index (χ3v) is 3.07. The molecule has 2 aromatic rings. The van der Waals surface area contributed by atoms with Crippen LogP contribution < -0.4 is 5.73 Å². The van der Waals surface area contributed by atoms with Crippen LogP contribution in [-0.4, -0.2) is 9.97 Å². The number of benzene rings is 1. The van der Waals surface area contributed by atoms with Crippen LogP contribution in [0.1, 0.15) is 24.2 Å². The summed E-state index contributed by atoms with van der Waals surface area (Å²) >= 11 is 11.9. The summed E-state index contributed by atoms with van der Waals surface area (Å²) < 4.78 is 0. The van der Waals surface area contributed by atoms with Crippen LogP contribution in [0.4, 0.5) is 0 Å². The lowest BCUT2D eigenvalue weighted by molar-refractivity contribution is 0.790. The molecule has 0 amide bonds. The van der Waals surface area contributed by atoms with Crippen LogP contribution in [-0.2, 0) is 0 Å². The molecule has 1 atom stereocenters. The summed E-state index contributed by atoms with van der Waals surface area (Å²) in [6, 6.07) is 5.17. The van der Waals surface area contributed by atoms with Crippen LogP contribution in [0.15, 0.2) is 24.4 Å². The number of nitrogens with two attached hydrogens (primary N) is 1. The second-order valence-electron chi connectivity index (χ2n) is 4.18. The van der Waals surface area contributed by atoms with E-state index in [1.54, 1.807) is 24.4 Å². The normalized spacial score (nSPS) is 12.5. The Balaban J connectivity index is 2.48. The molecule has 1 heterocycles. The maximum atomic E-state index is 5.96. The Labute approximate surface area is 116 Å². The fourth-order valence-electron chi connectivity index (χ4n) is 1.75. The van der Waals surface area contributed by atoms with Crippen molar-refractivity contribution in [3.8, 4) is 11.4 Å². The van der Waals surface area contributed by atoms with Crippen molar-refractivity contribution in [2.24, 2.45) is 5.73 Å². The highest BCUT2D eigenvalue weighted by Crippen LogP contribution is 2.25. The van der Waals surface area contributed by atoms with Crippen molar-refractivity contribution in [1.29, 1.82) is 0 Å². The van der Waals surface area contributed by atoms with Gasteiger partial charge in [0.25, 0.3) is 0 Å². The van der Waals surface area contributed by atoms with Gasteiger partial charge in [-0.3, -0.25) is 0 Å². The minimum absolute atomic E-state index is 0.0815. The number of nitrogens with zero attached hydrogens (tertiary/aromatic N) is 2. The van der Waals surface area contributed by atoms with E-state index in [1.807, 2.05) is 13.8 Å². The van der Waals surface area contributed by atoms with Gasteiger partial charge in [0, 0.05) is 39.1 Å². The smallest absolute Gasteiger partial charge is 0.159 e. The number of aromatic nitrogens is 2. The van der Waals surface area contributed by atoms with Gasteiger partial charge in [0.1, 0.15) is 0 Å². The lowest BCUT2D eigenvalue weighted by atomic mass is 10.1. The van der Waals surface area contributed by atoms with Crippen molar-refractivity contribution in [2.45, 2.75) is 19.9 Å². The Morgan fingerprint density at radius 3 is 2.28 bits per heavy atom. The number of rotatable bonds is 2. The average molecular weight is 282 g/mol. The number of halogens is 2. The van der Waals surface area contributed by atoms with E-state index in [1.165, 1.54) is 0 Å². The quantitative estimate of drug-likeness (QED) is 0.912. The highest BCUT2D eigenvalue weighted by molar-refractivity contribution is 6.35. The van der Waals surface area contributed by atoms with Gasteiger partial charge in [-0.2, -0.15) is 0 Å². The molecule has 1 aromatic carbocycles. The zero-order chi connectivity index (χ0) is 13.3. The van der Waals surface area contributed by atoms with E-state index in [2.05, 4.69) is 9.97 Å². The molecule has 0 fully saturated rings. The van der Waals surface area contributed by atoms with Crippen LogP contribution >= 0.6 is 23.2 Å². The summed E-state index contributed by atoms with van der Waals surface area (Å²) in [5, 5.41) is 1.13. The SMILES string of the molecule is Cc1nc(-c2cc(Cl)cc(Cl)c2)ncc1[C@H](C)N. The van der Waals surface area contributed by atoms with Gasteiger partial charge in [-0.15, -0.1) is 0 Å². The maximum absolute atomic E-state index is 5.96. The Hall–Kier alpha value is -1.16. The van der Waals surface area contributed by atoms with Gasteiger partial charge in [-0.25, -0.2) is 9.97 Å². The van der Waals surface area contributed by atoms with Crippen molar-refractivity contribution in [3.63, 3.8) is 0 Å². The predicted octanol–water partition coefficient (Wildman–Crippen LogP) is 3.78. The van der Waals surface area contributed by atoms with E-state index in [0.717, 1.165) is 16.8 Å². The summed E-state index contributed by atoms with van der Waals surface area (Å²) in [4.78, 5) is 8.74. The first-order chi connectivity index (χ1) is 8.47. The molecule has 0 unspecified atom stereocenters. The Morgan fingerprint density at radius 2 is 1.78 bits per heavy atom. The van der Waals surface area contributed by atoms with Crippen molar-refractivity contribution >= 4 is 23.2 Å². The molecule has 18 heavy (non-hydrogen) atoms. The zero-order valence-electron chi connectivity index (χ0n) is 10.1. The van der Waals surface area contributed by atoms with E-state index in [0.29, 0.717) is 15.9 Å². The molecule has 0 aliphatic rings. The van der Waals surface area contributed by atoms with Crippen molar-refractivity contribution in [3.05, 3.63) is 45.7 Å². The summed E-state index contributed by atoms with van der Waals surface area (Å²) in [6.07, 6.45) is 1.75. The second-order valence-corrected chi connectivity index (χ2v) is 5.05. The van der Waals surface area contributed by atoms with Crippen LogP contribution in [0.25, 0.3) is 11.4 Å². The predicted molar refractivity (Wildman–Crippen MR) is 74.8 cm³/mol. The number of hydrogen-bond acceptors (Lipinski definition) is 3. The monoisotopic (exact) mass is 281 g/mol. The molecule has 2 N–H and O–H groups in total. The summed E-state index contributed by atoms with van der Waals surface area (Å²) in [7, 11) is 0. The average Bonchev–Trinajstić information content (AvgIpc) is 2.26. The molecule has 5 heteroatoms. The van der Waals surface area contributed by atoms with Gasteiger partial charge < -0.3 is 5.73 Å². The second kappa shape index (κ2) is 5.22. The van der Waals surface area contributed by atoms with Gasteiger partial charge in [-0.05, 0) is 32.0 Å². The van der Waals surface area contributed by atoms with Gasteiger partial charge in [0.15, 0.2) is 5.82 Å². The van der Waals surface area contributed by atoms with Gasteiger partial charge in [0.05, 0.1) is 0 Å². The molecule has 3 nitrogen and oxygen atoms in total. The molecule has 0 saturated heterocycles. The Kier molecular flexibility index (Phi) is 3.85. The van der Waals surface area contributed by atoms with Crippen LogP contribution in [0.2, 0.25) is 10.0 Å². The minimum atomic E-state index is -0.0815. The molecular formula is C13H13Cl2N3. The van der Waals surface area contributed by atoms with Crippen LogP contribution in [0.5, 0.6) is 0 Å². The molecule has 0 aliphatic heterocycles.